The number of pyridine rings is 1. The second-order valence-electron chi connectivity index (χ2n) is 7.92. The Labute approximate surface area is 189 Å². The summed E-state index contributed by atoms with van der Waals surface area (Å²) in [4.78, 5) is 30.7. The van der Waals surface area contributed by atoms with E-state index in [1.54, 1.807) is 11.1 Å². The molecule has 0 spiro atoms. The van der Waals surface area contributed by atoms with Crippen LogP contribution in [0.15, 0.2) is 41.3 Å². The maximum absolute atomic E-state index is 14.9. The molecule has 1 aliphatic rings. The number of hydrogen-bond acceptors (Lipinski definition) is 4. The first-order chi connectivity index (χ1) is 15.3. The average Bonchev–Trinajstić information content (AvgIpc) is 2.76. The topological polar surface area (TPSA) is 91.0 Å². The van der Waals surface area contributed by atoms with Crippen molar-refractivity contribution >= 4 is 23.3 Å². The number of halogens is 2. The van der Waals surface area contributed by atoms with Gasteiger partial charge in [0.25, 0.3) is 5.56 Å². The molecule has 2 aromatic heterocycles. The monoisotopic (exact) mass is 455 g/mol. The van der Waals surface area contributed by atoms with Gasteiger partial charge in [-0.3, -0.25) is 9.78 Å². The molecule has 2 unspecified atom stereocenters. The second kappa shape index (κ2) is 8.70. The molecule has 3 aromatic rings. The maximum atomic E-state index is 14.9. The summed E-state index contributed by atoms with van der Waals surface area (Å²) in [7, 11) is 0. The van der Waals surface area contributed by atoms with Crippen LogP contribution in [0.3, 0.4) is 0 Å². The summed E-state index contributed by atoms with van der Waals surface area (Å²) in [6, 6.07) is 6.86. The predicted molar refractivity (Wildman–Crippen MR) is 121 cm³/mol. The van der Waals surface area contributed by atoms with Crippen molar-refractivity contribution in [3.8, 4) is 11.1 Å². The number of rotatable bonds is 3. The highest BCUT2D eigenvalue weighted by molar-refractivity contribution is 6.33. The fourth-order valence-electron chi connectivity index (χ4n) is 4.13. The van der Waals surface area contributed by atoms with Gasteiger partial charge in [-0.2, -0.15) is 5.10 Å². The zero-order chi connectivity index (χ0) is 23.0. The molecule has 0 saturated carbocycles. The minimum atomic E-state index is -0.598. The number of nitrogens with one attached hydrogen (secondary N) is 2. The van der Waals surface area contributed by atoms with Crippen molar-refractivity contribution in [2.24, 2.45) is 0 Å². The van der Waals surface area contributed by atoms with E-state index in [1.165, 1.54) is 18.2 Å². The minimum absolute atomic E-state index is 0.00824. The lowest BCUT2D eigenvalue weighted by Gasteiger charge is -2.40. The summed E-state index contributed by atoms with van der Waals surface area (Å²) in [5, 5.41) is 9.52. The third kappa shape index (κ3) is 4.10. The van der Waals surface area contributed by atoms with Crippen molar-refractivity contribution < 1.29 is 9.18 Å². The number of carbonyl (C=O) groups excluding carboxylic acids is 1. The van der Waals surface area contributed by atoms with Gasteiger partial charge in [0.1, 0.15) is 5.82 Å². The first-order valence-electron chi connectivity index (χ1n) is 10.4. The summed E-state index contributed by atoms with van der Waals surface area (Å²) in [5.74, 6) is -0.598. The molecule has 0 radical (unpaired) electrons. The Morgan fingerprint density at radius 3 is 2.81 bits per heavy atom. The summed E-state index contributed by atoms with van der Waals surface area (Å²) in [6.45, 7) is 5.66. The van der Waals surface area contributed by atoms with Gasteiger partial charge in [0.15, 0.2) is 0 Å². The van der Waals surface area contributed by atoms with Crippen molar-refractivity contribution in [1.82, 2.24) is 20.1 Å². The molecule has 0 bridgehead atoms. The third-order valence-electron chi connectivity index (χ3n) is 5.81. The number of carbonyl (C=O) groups is 1. The molecule has 1 aromatic carbocycles. The number of benzene rings is 1. The van der Waals surface area contributed by atoms with Crippen LogP contribution in [0.4, 0.5) is 14.9 Å². The summed E-state index contributed by atoms with van der Waals surface area (Å²) in [5.41, 5.74) is 3.19. The first-order valence-corrected chi connectivity index (χ1v) is 10.8. The van der Waals surface area contributed by atoms with Gasteiger partial charge in [-0.05, 0) is 50.5 Å². The van der Waals surface area contributed by atoms with Gasteiger partial charge in [0.2, 0.25) is 0 Å². The van der Waals surface area contributed by atoms with Crippen molar-refractivity contribution in [2.45, 2.75) is 45.7 Å². The van der Waals surface area contributed by atoms with Crippen LogP contribution in [-0.4, -0.2) is 32.2 Å². The molecule has 7 nitrogen and oxygen atoms in total. The van der Waals surface area contributed by atoms with Crippen LogP contribution in [0, 0.1) is 12.7 Å². The number of anilines is 1. The molecular formula is C23H23ClFN5O2. The largest absolute Gasteiger partial charge is 0.322 e. The molecular weight excluding hydrogens is 433 g/mol. The van der Waals surface area contributed by atoms with Crippen molar-refractivity contribution in [3.63, 3.8) is 0 Å². The lowest BCUT2D eigenvalue weighted by atomic mass is 9.92. The van der Waals surface area contributed by atoms with E-state index >= 15 is 0 Å². The Bertz CT molecular complexity index is 1230. The number of amides is 2. The van der Waals surface area contributed by atoms with Crippen LogP contribution < -0.4 is 10.9 Å². The summed E-state index contributed by atoms with van der Waals surface area (Å²) < 4.78 is 14.9. The van der Waals surface area contributed by atoms with Crippen LogP contribution >= 0.6 is 11.6 Å². The third-order valence-corrected chi connectivity index (χ3v) is 6.12. The molecule has 0 fully saturated rings. The Morgan fingerprint density at radius 1 is 1.34 bits per heavy atom. The molecule has 0 aliphatic carbocycles. The van der Waals surface area contributed by atoms with Crippen molar-refractivity contribution in [2.75, 3.05) is 5.32 Å². The van der Waals surface area contributed by atoms with Gasteiger partial charge in [-0.25, -0.2) is 14.3 Å². The first kappa shape index (κ1) is 22.0. The van der Waals surface area contributed by atoms with Gasteiger partial charge in [0, 0.05) is 35.1 Å². The lowest BCUT2D eigenvalue weighted by molar-refractivity contribution is 0.145. The van der Waals surface area contributed by atoms with E-state index in [-0.39, 0.29) is 17.3 Å². The van der Waals surface area contributed by atoms with E-state index in [0.717, 1.165) is 11.3 Å². The highest BCUT2D eigenvalue weighted by Gasteiger charge is 2.36. The summed E-state index contributed by atoms with van der Waals surface area (Å²) >= 11 is 6.41. The molecule has 32 heavy (non-hydrogen) atoms. The van der Waals surface area contributed by atoms with E-state index < -0.39 is 17.9 Å². The van der Waals surface area contributed by atoms with Crippen LogP contribution in [0.1, 0.15) is 43.3 Å². The Balaban J connectivity index is 1.62. The van der Waals surface area contributed by atoms with Crippen LogP contribution in [-0.2, 0) is 6.42 Å². The van der Waals surface area contributed by atoms with Gasteiger partial charge in [-0.15, -0.1) is 0 Å². The summed E-state index contributed by atoms with van der Waals surface area (Å²) in [6.07, 6.45) is 2.81. The smallest absolute Gasteiger partial charge is 0.313 e. The standard InChI is InChI=1S/C23H23ClFN5O2/c1-4-16-7-15-8-21(31)28-29-22(15)13(3)30(16)23(32)27-20-10-18(24)17(9-19(20)25)14-6-5-12(2)26-11-14/h5-6,8-11,13,16H,4,7H2,1-3H3,(H,27,32)(H,28,31). The minimum Gasteiger partial charge on any atom is -0.313 e. The second-order valence-corrected chi connectivity index (χ2v) is 8.33. The Hall–Kier alpha value is -3.26. The molecule has 4 rings (SSSR count). The zero-order valence-corrected chi connectivity index (χ0v) is 18.7. The number of urea groups is 1. The molecule has 2 N–H and O–H groups in total. The molecule has 1 aliphatic heterocycles. The number of fused-ring (bicyclic) bond motifs is 1. The maximum Gasteiger partial charge on any atom is 0.322 e. The Morgan fingerprint density at radius 2 is 2.12 bits per heavy atom. The lowest BCUT2D eigenvalue weighted by Crippen LogP contribution is -2.49. The van der Waals surface area contributed by atoms with Crippen LogP contribution in [0.2, 0.25) is 5.02 Å². The van der Waals surface area contributed by atoms with E-state index in [0.29, 0.717) is 34.7 Å². The molecule has 3 heterocycles. The number of aromatic nitrogens is 3. The number of hydrogen-bond donors (Lipinski definition) is 2. The highest BCUT2D eigenvalue weighted by atomic mass is 35.5. The fraction of sp³-hybridized carbons (Fsp3) is 0.304. The predicted octanol–water partition coefficient (Wildman–Crippen LogP) is 4.86. The highest BCUT2D eigenvalue weighted by Crippen LogP contribution is 2.35. The van der Waals surface area contributed by atoms with Gasteiger partial charge >= 0.3 is 6.03 Å². The van der Waals surface area contributed by atoms with Gasteiger partial charge in [0.05, 0.1) is 22.4 Å². The fourth-order valence-corrected chi connectivity index (χ4v) is 4.40. The zero-order valence-electron chi connectivity index (χ0n) is 17.9. The van der Waals surface area contributed by atoms with Crippen LogP contribution in [0.5, 0.6) is 0 Å². The van der Waals surface area contributed by atoms with E-state index in [1.807, 2.05) is 32.9 Å². The quantitative estimate of drug-likeness (QED) is 0.589. The molecule has 166 valence electrons. The molecule has 9 heteroatoms. The average molecular weight is 456 g/mol. The van der Waals surface area contributed by atoms with Gasteiger partial charge in [-0.1, -0.05) is 24.6 Å². The number of aryl methyl sites for hydroxylation is 1. The van der Waals surface area contributed by atoms with E-state index in [2.05, 4.69) is 20.5 Å². The molecule has 2 atom stereocenters. The molecule has 2 amide bonds. The van der Waals surface area contributed by atoms with Crippen molar-refractivity contribution in [3.05, 3.63) is 74.7 Å². The van der Waals surface area contributed by atoms with Gasteiger partial charge < -0.3 is 10.2 Å². The Kier molecular flexibility index (Phi) is 5.97. The number of nitrogens with zero attached hydrogens (tertiary/aromatic N) is 3. The molecule has 0 saturated heterocycles. The number of H-pyrrole nitrogens is 1. The van der Waals surface area contributed by atoms with Crippen LogP contribution in [0.25, 0.3) is 11.1 Å². The van der Waals surface area contributed by atoms with Crippen molar-refractivity contribution in [1.29, 1.82) is 0 Å². The SMILES string of the molecule is CCC1Cc2cc(=O)[nH]nc2C(C)N1C(=O)Nc1cc(Cl)c(-c2ccc(C)nc2)cc1F. The van der Waals surface area contributed by atoms with E-state index in [4.69, 9.17) is 11.6 Å². The normalized spacial score (nSPS) is 17.7. The van der Waals surface area contributed by atoms with E-state index in [9.17, 15) is 14.0 Å². The number of aromatic amines is 1.